The first-order valence-corrected chi connectivity index (χ1v) is 6.76. The van der Waals surface area contributed by atoms with Gasteiger partial charge in [0.05, 0.1) is 6.04 Å². The van der Waals surface area contributed by atoms with Crippen LogP contribution in [0.1, 0.15) is 30.5 Å². The van der Waals surface area contributed by atoms with Crippen LogP contribution in [0.25, 0.3) is 0 Å². The standard InChI is InChI=1S/C16H17ClFN/c1-3-16(13-6-4-5-7-15(13)18)19-12-9-8-11(2)14(17)10-12/h4-10,16,19H,3H2,1-2H3. The molecule has 0 saturated heterocycles. The van der Waals surface area contributed by atoms with Crippen LogP contribution >= 0.6 is 11.6 Å². The molecule has 0 aliphatic rings. The van der Waals surface area contributed by atoms with E-state index in [1.54, 1.807) is 6.07 Å². The molecule has 100 valence electrons. The molecule has 0 aliphatic heterocycles. The lowest BCUT2D eigenvalue weighted by atomic mass is 10.0. The minimum atomic E-state index is -0.181. The molecule has 1 N–H and O–H groups in total. The molecule has 0 fully saturated rings. The number of anilines is 1. The first-order valence-electron chi connectivity index (χ1n) is 6.39. The molecule has 19 heavy (non-hydrogen) atoms. The number of aryl methyl sites for hydroxylation is 1. The highest BCUT2D eigenvalue weighted by Gasteiger charge is 2.13. The molecule has 0 amide bonds. The predicted octanol–water partition coefficient (Wildman–Crippen LogP) is 5.35. The predicted molar refractivity (Wildman–Crippen MR) is 79.2 cm³/mol. The van der Waals surface area contributed by atoms with Crippen molar-refractivity contribution in [2.24, 2.45) is 0 Å². The average Bonchev–Trinajstić information content (AvgIpc) is 2.41. The fourth-order valence-electron chi connectivity index (χ4n) is 2.04. The number of rotatable bonds is 4. The lowest BCUT2D eigenvalue weighted by molar-refractivity contribution is 0.587. The van der Waals surface area contributed by atoms with E-state index in [4.69, 9.17) is 11.6 Å². The maximum Gasteiger partial charge on any atom is 0.128 e. The van der Waals surface area contributed by atoms with Gasteiger partial charge in [-0.15, -0.1) is 0 Å². The Kier molecular flexibility index (Phi) is 4.43. The maximum absolute atomic E-state index is 13.8. The van der Waals surface area contributed by atoms with Gasteiger partial charge in [0.15, 0.2) is 0 Å². The Labute approximate surface area is 118 Å². The van der Waals surface area contributed by atoms with Crippen LogP contribution in [0.2, 0.25) is 5.02 Å². The van der Waals surface area contributed by atoms with Gasteiger partial charge in [-0.25, -0.2) is 4.39 Å². The molecule has 0 aliphatic carbocycles. The fraction of sp³-hybridized carbons (Fsp3) is 0.250. The van der Waals surface area contributed by atoms with Gasteiger partial charge in [-0.2, -0.15) is 0 Å². The fourth-order valence-corrected chi connectivity index (χ4v) is 2.22. The third-order valence-electron chi connectivity index (χ3n) is 3.20. The van der Waals surface area contributed by atoms with E-state index in [1.165, 1.54) is 6.07 Å². The highest BCUT2D eigenvalue weighted by Crippen LogP contribution is 2.27. The van der Waals surface area contributed by atoms with Crippen molar-refractivity contribution in [2.45, 2.75) is 26.3 Å². The molecule has 1 unspecified atom stereocenters. The molecular formula is C16H17ClFN. The zero-order chi connectivity index (χ0) is 13.8. The summed E-state index contributed by atoms with van der Waals surface area (Å²) in [6, 6.07) is 12.6. The van der Waals surface area contributed by atoms with Crippen LogP contribution < -0.4 is 5.32 Å². The molecule has 0 radical (unpaired) electrons. The van der Waals surface area contributed by atoms with Gasteiger partial charge in [-0.1, -0.05) is 42.8 Å². The number of nitrogens with one attached hydrogen (secondary N) is 1. The largest absolute Gasteiger partial charge is 0.378 e. The Balaban J connectivity index is 2.24. The first-order chi connectivity index (χ1) is 9.11. The van der Waals surface area contributed by atoms with Crippen molar-refractivity contribution in [1.29, 1.82) is 0 Å². The van der Waals surface area contributed by atoms with Gasteiger partial charge >= 0.3 is 0 Å². The van der Waals surface area contributed by atoms with Gasteiger partial charge in [0.2, 0.25) is 0 Å². The second-order valence-electron chi connectivity index (χ2n) is 4.59. The summed E-state index contributed by atoms with van der Waals surface area (Å²) in [6.07, 6.45) is 0.798. The minimum absolute atomic E-state index is 0.0556. The van der Waals surface area contributed by atoms with E-state index in [9.17, 15) is 4.39 Å². The van der Waals surface area contributed by atoms with E-state index in [0.29, 0.717) is 10.6 Å². The van der Waals surface area contributed by atoms with Crippen molar-refractivity contribution in [3.8, 4) is 0 Å². The number of hydrogen-bond donors (Lipinski definition) is 1. The van der Waals surface area contributed by atoms with Crippen LogP contribution in [0.5, 0.6) is 0 Å². The van der Waals surface area contributed by atoms with Crippen molar-refractivity contribution in [3.05, 3.63) is 64.4 Å². The highest BCUT2D eigenvalue weighted by molar-refractivity contribution is 6.31. The third-order valence-corrected chi connectivity index (χ3v) is 3.61. The summed E-state index contributed by atoms with van der Waals surface area (Å²) < 4.78 is 13.8. The van der Waals surface area contributed by atoms with Gasteiger partial charge in [0.1, 0.15) is 5.82 Å². The smallest absolute Gasteiger partial charge is 0.128 e. The Morgan fingerprint density at radius 1 is 1.21 bits per heavy atom. The summed E-state index contributed by atoms with van der Waals surface area (Å²) >= 11 is 6.10. The van der Waals surface area contributed by atoms with Crippen LogP contribution in [0, 0.1) is 12.7 Å². The molecule has 1 nitrogen and oxygen atoms in total. The number of benzene rings is 2. The zero-order valence-electron chi connectivity index (χ0n) is 11.1. The molecule has 3 heteroatoms. The summed E-state index contributed by atoms with van der Waals surface area (Å²) in [7, 11) is 0. The lowest BCUT2D eigenvalue weighted by Crippen LogP contribution is -2.11. The lowest BCUT2D eigenvalue weighted by Gasteiger charge is -2.19. The van der Waals surface area contributed by atoms with E-state index in [0.717, 1.165) is 17.7 Å². The van der Waals surface area contributed by atoms with E-state index in [1.807, 2.05) is 44.2 Å². The first kappa shape index (κ1) is 13.9. The van der Waals surface area contributed by atoms with Gasteiger partial charge in [-0.3, -0.25) is 0 Å². The molecule has 2 rings (SSSR count). The molecule has 1 atom stereocenters. The normalized spacial score (nSPS) is 12.2. The SMILES string of the molecule is CCC(Nc1ccc(C)c(Cl)c1)c1ccccc1F. The number of halogens is 2. The molecular weight excluding hydrogens is 261 g/mol. The molecule has 0 heterocycles. The summed E-state index contributed by atoms with van der Waals surface area (Å²) in [6.45, 7) is 3.99. The van der Waals surface area contributed by atoms with Crippen molar-refractivity contribution in [3.63, 3.8) is 0 Å². The van der Waals surface area contributed by atoms with Crippen LogP contribution in [0.4, 0.5) is 10.1 Å². The molecule has 0 saturated carbocycles. The quantitative estimate of drug-likeness (QED) is 0.794. The molecule has 0 aromatic heterocycles. The van der Waals surface area contributed by atoms with Gasteiger partial charge in [-0.05, 0) is 37.1 Å². The Morgan fingerprint density at radius 3 is 2.58 bits per heavy atom. The Morgan fingerprint density at radius 2 is 1.95 bits per heavy atom. The van der Waals surface area contributed by atoms with Gasteiger partial charge in [0.25, 0.3) is 0 Å². The van der Waals surface area contributed by atoms with E-state index in [2.05, 4.69) is 5.32 Å². The van der Waals surface area contributed by atoms with E-state index in [-0.39, 0.29) is 11.9 Å². The average molecular weight is 278 g/mol. The van der Waals surface area contributed by atoms with E-state index >= 15 is 0 Å². The van der Waals surface area contributed by atoms with Crippen LogP contribution in [0.15, 0.2) is 42.5 Å². The monoisotopic (exact) mass is 277 g/mol. The van der Waals surface area contributed by atoms with Crippen molar-refractivity contribution < 1.29 is 4.39 Å². The van der Waals surface area contributed by atoms with Crippen molar-refractivity contribution in [1.82, 2.24) is 0 Å². The Bertz CT molecular complexity index is 568. The topological polar surface area (TPSA) is 12.0 Å². The molecule has 2 aromatic carbocycles. The van der Waals surface area contributed by atoms with Gasteiger partial charge in [0, 0.05) is 16.3 Å². The van der Waals surface area contributed by atoms with Crippen LogP contribution in [-0.4, -0.2) is 0 Å². The summed E-state index contributed by atoms with van der Waals surface area (Å²) in [5.74, 6) is -0.181. The third kappa shape index (κ3) is 3.27. The molecule has 2 aromatic rings. The van der Waals surface area contributed by atoms with E-state index < -0.39 is 0 Å². The summed E-state index contributed by atoms with van der Waals surface area (Å²) in [4.78, 5) is 0. The van der Waals surface area contributed by atoms with Crippen molar-refractivity contribution >= 4 is 17.3 Å². The second kappa shape index (κ2) is 6.07. The summed E-state index contributed by atoms with van der Waals surface area (Å²) in [5.41, 5.74) is 2.62. The van der Waals surface area contributed by atoms with Gasteiger partial charge < -0.3 is 5.32 Å². The number of hydrogen-bond acceptors (Lipinski definition) is 1. The Hall–Kier alpha value is -1.54. The highest BCUT2D eigenvalue weighted by atomic mass is 35.5. The summed E-state index contributed by atoms with van der Waals surface area (Å²) in [5, 5.41) is 4.05. The molecule has 0 spiro atoms. The minimum Gasteiger partial charge on any atom is -0.378 e. The van der Waals surface area contributed by atoms with Crippen molar-refractivity contribution in [2.75, 3.05) is 5.32 Å². The van der Waals surface area contributed by atoms with Crippen LogP contribution in [-0.2, 0) is 0 Å². The maximum atomic E-state index is 13.8. The molecule has 0 bridgehead atoms. The zero-order valence-corrected chi connectivity index (χ0v) is 11.8. The second-order valence-corrected chi connectivity index (χ2v) is 5.00. The van der Waals surface area contributed by atoms with Crippen LogP contribution in [0.3, 0.4) is 0 Å².